The van der Waals surface area contributed by atoms with Crippen molar-refractivity contribution in [2.24, 2.45) is 0 Å². The fourth-order valence-corrected chi connectivity index (χ4v) is 3.60. The van der Waals surface area contributed by atoms with Crippen molar-refractivity contribution in [2.45, 2.75) is 6.92 Å². The molecule has 1 amide bonds. The molecular weight excluding hydrogens is 387 g/mol. The number of hydrogen-bond acceptors (Lipinski definition) is 5. The van der Waals surface area contributed by atoms with Crippen molar-refractivity contribution in [1.29, 1.82) is 0 Å². The molecule has 0 aliphatic heterocycles. The number of anilines is 4. The molecule has 0 unspecified atom stereocenters. The number of nitrogens with one attached hydrogen (secondary N) is 1. The minimum atomic E-state index is -0.450. The Kier molecular flexibility index (Phi) is 5.31. The largest absolute Gasteiger partial charge is 0.322 e. The molecule has 7 heteroatoms. The number of aryl methyl sites for hydroxylation is 1. The first-order valence-corrected chi connectivity index (χ1v) is 9.77. The van der Waals surface area contributed by atoms with Gasteiger partial charge in [-0.05, 0) is 55.0 Å². The maximum atomic E-state index is 13.4. The highest BCUT2D eigenvalue weighted by atomic mass is 32.1. The van der Waals surface area contributed by atoms with Gasteiger partial charge < -0.3 is 5.32 Å². The standard InChI is InChI=1S/C22H17FN4OS/c1-15-7-8-18(26-21(28)16-4-2-5-17(23)12-16)13-20(15)27(22-25-10-11-29-22)19-6-3-9-24-14-19/h2-14H,1H3,(H,26,28). The van der Waals surface area contributed by atoms with Crippen molar-refractivity contribution in [1.82, 2.24) is 9.97 Å². The summed E-state index contributed by atoms with van der Waals surface area (Å²) in [6.07, 6.45) is 5.22. The lowest BCUT2D eigenvalue weighted by atomic mass is 10.1. The van der Waals surface area contributed by atoms with Crippen LogP contribution in [-0.2, 0) is 0 Å². The minimum absolute atomic E-state index is 0.260. The van der Waals surface area contributed by atoms with E-state index in [1.165, 1.54) is 29.5 Å². The molecule has 0 aliphatic rings. The molecule has 2 heterocycles. The second-order valence-electron chi connectivity index (χ2n) is 6.33. The van der Waals surface area contributed by atoms with Crippen molar-refractivity contribution >= 4 is 39.4 Å². The van der Waals surface area contributed by atoms with Crippen LogP contribution in [0.1, 0.15) is 15.9 Å². The second kappa shape index (κ2) is 8.20. The summed E-state index contributed by atoms with van der Waals surface area (Å²) < 4.78 is 13.4. The van der Waals surface area contributed by atoms with Crippen molar-refractivity contribution in [3.8, 4) is 0 Å². The average molecular weight is 404 g/mol. The summed E-state index contributed by atoms with van der Waals surface area (Å²) in [5.41, 5.74) is 3.60. The molecule has 4 rings (SSSR count). The van der Waals surface area contributed by atoms with E-state index in [-0.39, 0.29) is 11.5 Å². The van der Waals surface area contributed by atoms with Crippen LogP contribution in [0.4, 0.5) is 26.6 Å². The van der Waals surface area contributed by atoms with Crippen LogP contribution in [0.15, 0.2) is 78.6 Å². The zero-order chi connectivity index (χ0) is 20.2. The lowest BCUT2D eigenvalue weighted by molar-refractivity contribution is 0.102. The summed E-state index contributed by atoms with van der Waals surface area (Å²) in [4.78, 5) is 23.2. The first-order chi connectivity index (χ1) is 14.1. The Bertz CT molecular complexity index is 1130. The molecule has 0 saturated heterocycles. The molecular formula is C22H17FN4OS. The van der Waals surface area contributed by atoms with Gasteiger partial charge in [0.25, 0.3) is 5.91 Å². The molecule has 1 N–H and O–H groups in total. The number of halogens is 1. The molecule has 0 aliphatic carbocycles. The predicted octanol–water partition coefficient (Wildman–Crippen LogP) is 5.71. The predicted molar refractivity (Wildman–Crippen MR) is 114 cm³/mol. The average Bonchev–Trinajstić information content (AvgIpc) is 3.26. The number of pyridine rings is 1. The SMILES string of the molecule is Cc1ccc(NC(=O)c2cccc(F)c2)cc1N(c1cccnc1)c1nccs1. The quantitative estimate of drug-likeness (QED) is 0.463. The molecule has 0 saturated carbocycles. The molecule has 0 radical (unpaired) electrons. The van der Waals surface area contributed by atoms with Gasteiger partial charge in [0.1, 0.15) is 5.82 Å². The molecule has 0 atom stereocenters. The Morgan fingerprint density at radius 3 is 2.72 bits per heavy atom. The first kappa shape index (κ1) is 18.8. The Hall–Kier alpha value is -3.58. The lowest BCUT2D eigenvalue weighted by Gasteiger charge is -2.24. The Morgan fingerprint density at radius 1 is 1.10 bits per heavy atom. The Morgan fingerprint density at radius 2 is 2.00 bits per heavy atom. The molecule has 0 fully saturated rings. The second-order valence-corrected chi connectivity index (χ2v) is 7.20. The topological polar surface area (TPSA) is 58.1 Å². The number of benzene rings is 2. The highest BCUT2D eigenvalue weighted by Crippen LogP contribution is 2.38. The monoisotopic (exact) mass is 404 g/mol. The van der Waals surface area contributed by atoms with Gasteiger partial charge in [-0.25, -0.2) is 9.37 Å². The van der Waals surface area contributed by atoms with Crippen LogP contribution < -0.4 is 10.2 Å². The number of carbonyl (C=O) groups excluding carboxylic acids is 1. The summed E-state index contributed by atoms with van der Waals surface area (Å²) in [7, 11) is 0. The number of carbonyl (C=O) groups is 1. The van der Waals surface area contributed by atoms with Gasteiger partial charge in [-0.15, -0.1) is 11.3 Å². The van der Waals surface area contributed by atoms with E-state index in [1.54, 1.807) is 24.7 Å². The van der Waals surface area contributed by atoms with E-state index in [1.807, 2.05) is 47.5 Å². The third-order valence-electron chi connectivity index (χ3n) is 4.31. The summed E-state index contributed by atoms with van der Waals surface area (Å²) in [5, 5.41) is 5.53. The van der Waals surface area contributed by atoms with Gasteiger partial charge in [-0.2, -0.15) is 0 Å². The zero-order valence-corrected chi connectivity index (χ0v) is 16.4. The first-order valence-electron chi connectivity index (χ1n) is 8.89. The smallest absolute Gasteiger partial charge is 0.255 e. The van der Waals surface area contributed by atoms with Gasteiger partial charge >= 0.3 is 0 Å². The van der Waals surface area contributed by atoms with Crippen molar-refractivity contribution < 1.29 is 9.18 Å². The number of rotatable bonds is 5. The summed E-state index contributed by atoms with van der Waals surface area (Å²) in [6, 6.07) is 15.0. The molecule has 5 nitrogen and oxygen atoms in total. The van der Waals surface area contributed by atoms with Gasteiger partial charge in [0.15, 0.2) is 5.13 Å². The number of aromatic nitrogens is 2. The molecule has 29 heavy (non-hydrogen) atoms. The zero-order valence-electron chi connectivity index (χ0n) is 15.5. The van der Waals surface area contributed by atoms with Crippen LogP contribution in [0, 0.1) is 12.7 Å². The van der Waals surface area contributed by atoms with Crippen LogP contribution in [-0.4, -0.2) is 15.9 Å². The van der Waals surface area contributed by atoms with Gasteiger partial charge in [-0.3, -0.25) is 14.7 Å². The number of amides is 1. The summed E-state index contributed by atoms with van der Waals surface area (Å²) in [5.74, 6) is -0.824. The highest BCUT2D eigenvalue weighted by Gasteiger charge is 2.18. The molecule has 144 valence electrons. The van der Waals surface area contributed by atoms with Crippen LogP contribution in [0.25, 0.3) is 0 Å². The van der Waals surface area contributed by atoms with E-state index in [0.717, 1.165) is 22.1 Å². The Balaban J connectivity index is 1.71. The number of nitrogens with zero attached hydrogens (tertiary/aromatic N) is 3. The van der Waals surface area contributed by atoms with E-state index in [9.17, 15) is 9.18 Å². The molecule has 0 bridgehead atoms. The summed E-state index contributed by atoms with van der Waals surface area (Å²) in [6.45, 7) is 1.99. The third kappa shape index (κ3) is 4.14. The van der Waals surface area contributed by atoms with Crippen LogP contribution >= 0.6 is 11.3 Å². The van der Waals surface area contributed by atoms with Crippen LogP contribution in [0.3, 0.4) is 0 Å². The fourth-order valence-electron chi connectivity index (χ4n) is 2.93. The van der Waals surface area contributed by atoms with Gasteiger partial charge in [0.05, 0.1) is 17.6 Å². The van der Waals surface area contributed by atoms with Gasteiger partial charge in [-0.1, -0.05) is 12.1 Å². The van der Waals surface area contributed by atoms with Gasteiger partial charge in [0.2, 0.25) is 0 Å². The molecule has 0 spiro atoms. The molecule has 2 aromatic heterocycles. The van der Waals surface area contributed by atoms with Crippen molar-refractivity contribution in [3.63, 3.8) is 0 Å². The normalized spacial score (nSPS) is 10.6. The number of hydrogen-bond donors (Lipinski definition) is 1. The van der Waals surface area contributed by atoms with E-state index in [0.29, 0.717) is 5.69 Å². The molecule has 2 aromatic carbocycles. The molecule has 4 aromatic rings. The maximum Gasteiger partial charge on any atom is 0.255 e. The van der Waals surface area contributed by atoms with E-state index < -0.39 is 5.82 Å². The Labute approximate surface area is 171 Å². The highest BCUT2D eigenvalue weighted by molar-refractivity contribution is 7.13. The van der Waals surface area contributed by atoms with E-state index >= 15 is 0 Å². The maximum absolute atomic E-state index is 13.4. The summed E-state index contributed by atoms with van der Waals surface area (Å²) >= 11 is 1.51. The van der Waals surface area contributed by atoms with Crippen LogP contribution in [0.5, 0.6) is 0 Å². The lowest BCUT2D eigenvalue weighted by Crippen LogP contribution is -2.14. The van der Waals surface area contributed by atoms with E-state index in [2.05, 4.69) is 15.3 Å². The van der Waals surface area contributed by atoms with Crippen LogP contribution in [0.2, 0.25) is 0 Å². The minimum Gasteiger partial charge on any atom is -0.322 e. The van der Waals surface area contributed by atoms with Crippen molar-refractivity contribution in [2.75, 3.05) is 10.2 Å². The third-order valence-corrected chi connectivity index (χ3v) is 5.07. The van der Waals surface area contributed by atoms with Crippen molar-refractivity contribution in [3.05, 3.63) is 95.5 Å². The fraction of sp³-hybridized carbons (Fsp3) is 0.0455. The number of thiazole rings is 1. The van der Waals surface area contributed by atoms with E-state index in [4.69, 9.17) is 0 Å². The van der Waals surface area contributed by atoms with Gasteiger partial charge in [0, 0.05) is 29.0 Å².